The maximum Gasteiger partial charge on any atom is 0.335 e. The molecule has 9 N–H and O–H groups in total. The second-order valence-corrected chi connectivity index (χ2v) is 35.4. The number of benzene rings is 10. The molecule has 668 valence electrons. The van der Waals surface area contributed by atoms with E-state index >= 15 is 0 Å². The molecule has 4 heterocycles. The van der Waals surface area contributed by atoms with Gasteiger partial charge in [-0.25, -0.2) is 9.59 Å². The van der Waals surface area contributed by atoms with Crippen LogP contribution >= 0.6 is 0 Å². The second kappa shape index (κ2) is 35.6. The first-order chi connectivity index (χ1) is 64.0. The lowest BCUT2D eigenvalue weighted by Gasteiger charge is -2.37. The van der Waals surface area contributed by atoms with Crippen LogP contribution in [0.3, 0.4) is 0 Å². The Morgan fingerprint density at radius 1 is 0.451 bits per heavy atom. The molecule has 10 aromatic carbocycles. The lowest BCUT2D eigenvalue weighted by atomic mass is 9.75. The molecule has 4 aliphatic carbocycles. The first kappa shape index (κ1) is 87.3. The summed E-state index contributed by atoms with van der Waals surface area (Å²) in [6.45, 7) is 0.183. The van der Waals surface area contributed by atoms with Crippen molar-refractivity contribution in [1.82, 2.24) is 39.0 Å². The van der Waals surface area contributed by atoms with Gasteiger partial charge in [0, 0.05) is 100 Å². The monoisotopic (exact) mass is 1830 g/mol. The van der Waals surface area contributed by atoms with E-state index in [2.05, 4.69) is 51.5 Å². The third kappa shape index (κ3) is 17.6. The van der Waals surface area contributed by atoms with E-state index in [9.17, 15) is 84.1 Å². The normalized spacial score (nSPS) is 16.0. The molecule has 0 aliphatic heterocycles. The number of carbonyl (C=O) groups excluding carboxylic acids is 6. The molecular formula is C96H75N13O22S2. The number of pyridine rings is 2. The first-order valence-electron chi connectivity index (χ1n) is 41.7. The Morgan fingerprint density at radius 2 is 0.940 bits per heavy atom. The lowest BCUT2D eigenvalue weighted by Crippen LogP contribution is -2.45. The van der Waals surface area contributed by atoms with E-state index in [4.69, 9.17) is 23.9 Å². The summed E-state index contributed by atoms with van der Waals surface area (Å²) in [5.41, 5.74) is 2.03. The number of carboxylic acids is 2. The van der Waals surface area contributed by atoms with Gasteiger partial charge in [0.1, 0.15) is 39.0 Å². The number of hydrogen-bond acceptors (Lipinski definition) is 29. The van der Waals surface area contributed by atoms with Gasteiger partial charge in [-0.05, 0) is 159 Å². The maximum atomic E-state index is 15.0. The fraction of sp³-hybridized carbons (Fsp3) is 0.167. The number of aromatic nitrogens is 8. The van der Waals surface area contributed by atoms with Gasteiger partial charge in [-0.15, -0.1) is 0 Å². The van der Waals surface area contributed by atoms with Gasteiger partial charge in [0.2, 0.25) is 17.8 Å². The highest BCUT2D eigenvalue weighted by Crippen LogP contribution is 2.48. The van der Waals surface area contributed by atoms with Gasteiger partial charge in [0.15, 0.2) is 23.1 Å². The van der Waals surface area contributed by atoms with E-state index in [1.165, 1.54) is 58.6 Å². The van der Waals surface area contributed by atoms with Crippen LogP contribution in [0.15, 0.2) is 227 Å². The molecule has 133 heavy (non-hydrogen) atoms. The number of rotatable bonds is 30. The quantitative estimate of drug-likeness (QED) is 0.0115. The van der Waals surface area contributed by atoms with E-state index < -0.39 is 88.4 Å². The summed E-state index contributed by atoms with van der Waals surface area (Å²) in [6, 6.07) is 51.5. The third-order valence-electron chi connectivity index (χ3n) is 24.1. The molecule has 0 saturated heterocycles. The molecule has 0 radical (unpaired) electrons. The molecule has 14 aromatic rings. The minimum Gasteiger partial charge on any atom is -0.478 e. The summed E-state index contributed by atoms with van der Waals surface area (Å²) in [5.74, 6) is -6.29. The average Bonchev–Trinajstić information content (AvgIpc) is 0.694. The third-order valence-corrected chi connectivity index (χ3v) is 26.3. The predicted molar refractivity (Wildman–Crippen MR) is 485 cm³/mol. The first-order valence-corrected chi connectivity index (χ1v) is 44.7. The van der Waals surface area contributed by atoms with Gasteiger partial charge in [0.05, 0.1) is 61.5 Å². The van der Waals surface area contributed by atoms with Gasteiger partial charge >= 0.3 is 24.0 Å². The molecule has 3 unspecified atom stereocenters. The van der Waals surface area contributed by atoms with Gasteiger partial charge < -0.3 is 64.9 Å². The summed E-state index contributed by atoms with van der Waals surface area (Å²) in [7, 11) is -7.00. The molecule has 37 heteroatoms. The molecule has 35 nitrogen and oxygen atoms in total. The zero-order chi connectivity index (χ0) is 93.0. The van der Waals surface area contributed by atoms with Crippen LogP contribution in [0, 0.1) is 11.8 Å². The molecule has 3 atom stereocenters. The number of nitrogens with one attached hydrogen (secondary N) is 5. The molecular weight excluding hydrogens is 1750 g/mol. The Labute approximate surface area is 754 Å². The van der Waals surface area contributed by atoms with Crippen molar-refractivity contribution in [1.29, 1.82) is 0 Å². The lowest BCUT2D eigenvalue weighted by molar-refractivity contribution is -0.121. The van der Waals surface area contributed by atoms with Crippen LogP contribution in [0.1, 0.15) is 147 Å². The second-order valence-electron chi connectivity index (χ2n) is 32.4. The number of aromatic carboxylic acids is 2. The Balaban J connectivity index is 0.595. The molecule has 18 rings (SSSR count). The smallest absolute Gasteiger partial charge is 0.335 e. The van der Waals surface area contributed by atoms with E-state index in [1.807, 2.05) is 12.1 Å². The molecule has 0 bridgehead atoms. The van der Waals surface area contributed by atoms with E-state index in [1.54, 1.807) is 134 Å². The van der Waals surface area contributed by atoms with Crippen molar-refractivity contribution in [3.05, 3.63) is 300 Å². The van der Waals surface area contributed by atoms with E-state index in [0.29, 0.717) is 94.2 Å². The largest absolute Gasteiger partial charge is 0.478 e. The highest BCUT2D eigenvalue weighted by molar-refractivity contribution is 7.86. The van der Waals surface area contributed by atoms with Gasteiger partial charge in [-0.3, -0.25) is 47.5 Å². The zero-order valence-electron chi connectivity index (χ0n) is 70.1. The number of anilines is 8. The average molecular weight is 1830 g/mol. The van der Waals surface area contributed by atoms with Crippen LogP contribution in [-0.2, 0) is 50.3 Å². The highest BCUT2D eigenvalue weighted by Gasteiger charge is 2.42. The summed E-state index contributed by atoms with van der Waals surface area (Å²) in [4.78, 5) is 162. The van der Waals surface area contributed by atoms with E-state index in [-0.39, 0.29) is 181 Å². The Kier molecular flexibility index (Phi) is 23.4. The van der Waals surface area contributed by atoms with Crippen LogP contribution in [0.25, 0.3) is 44.1 Å². The molecule has 4 aromatic heterocycles. The molecule has 2 saturated carbocycles. The van der Waals surface area contributed by atoms with E-state index in [0.717, 1.165) is 30.3 Å². The number of hydrogen-bond donors (Lipinski definition) is 9. The summed E-state index contributed by atoms with van der Waals surface area (Å²) >= 11 is 0. The number of aryl methyl sites for hydroxylation is 2. The molecule has 0 spiro atoms. The number of nitrogens with zero attached hydrogens (tertiary/aromatic N) is 8. The highest BCUT2D eigenvalue weighted by atomic mass is 32.2. The minimum absolute atomic E-state index is 0.0170. The topological polar surface area (TPSA) is 504 Å². The van der Waals surface area contributed by atoms with Crippen LogP contribution in [0.5, 0.6) is 35.0 Å². The summed E-state index contributed by atoms with van der Waals surface area (Å²) in [5, 5.41) is 35.1. The van der Waals surface area contributed by atoms with Gasteiger partial charge in [-0.1, -0.05) is 121 Å². The Hall–Kier alpha value is -16.4. The summed E-state index contributed by atoms with van der Waals surface area (Å²) < 4.78 is 101. The van der Waals surface area contributed by atoms with Gasteiger partial charge in [-0.2, -0.15) is 46.7 Å². The van der Waals surface area contributed by atoms with Gasteiger partial charge in [0.25, 0.3) is 44.3 Å². The van der Waals surface area contributed by atoms with Crippen LogP contribution < -0.4 is 56.6 Å². The standard InChI is InChI=1S/C96H75N13O22S2/c1-108-71-33-31-68(78-80(71)76(63-20-9-11-22-65(63)86(78)114)82(88(108)116)84(112)52-15-5-3-6-16-52)97-57-19-13-14-50(37-57)39-75-102-92(105-95(103-75)130-61-42-54(90(118)119)40-59(45-61)128-47-110)98-56-27-24-49(25-28-56)36-51-26-30-67(74(38-51)133(125,126)127)101-94-104-93(106-96(107-94)131-62-43-55(91(120)121)41-60(46-62)129-48-111)99-58-29-35-73(132(122,123)124)70(44-58)100-69-32-34-72-81-77(64-21-10-12-23-66(64)87(115)79(69)81)83(89(117)109(72)2)85(113)53-17-7-4-8-18-53/h3-23,29,31-35,37,40-49,51,56,67,74,97,100H,24-28,30,36,38-39H2,1-2H3,(H,118,119)(H,120,121)(H,122,123,124)(H,125,126,127)(H,98,102,103,105)(H2,99,101,104,106,107). The van der Waals surface area contributed by atoms with Crippen LogP contribution in [0.2, 0.25) is 0 Å². The van der Waals surface area contributed by atoms with Crippen molar-refractivity contribution in [2.45, 2.75) is 80.0 Å². The molecule has 2 fully saturated rings. The number of carboxylic acid groups (broad SMARTS) is 2. The summed E-state index contributed by atoms with van der Waals surface area (Å²) in [6.07, 6.45) is 3.51. The minimum atomic E-state index is -5.12. The van der Waals surface area contributed by atoms with Crippen molar-refractivity contribution < 1.29 is 93.5 Å². The van der Waals surface area contributed by atoms with Crippen molar-refractivity contribution in [2.75, 3.05) is 26.6 Å². The Morgan fingerprint density at radius 3 is 1.47 bits per heavy atom. The zero-order valence-corrected chi connectivity index (χ0v) is 71.8. The Bertz CT molecular complexity index is 7640. The number of ketones is 4. The van der Waals surface area contributed by atoms with Crippen molar-refractivity contribution in [3.63, 3.8) is 0 Å². The van der Waals surface area contributed by atoms with Crippen molar-refractivity contribution in [2.24, 2.45) is 25.9 Å². The van der Waals surface area contributed by atoms with Crippen molar-refractivity contribution in [3.8, 4) is 57.3 Å². The maximum absolute atomic E-state index is 15.0. The fourth-order valence-electron chi connectivity index (χ4n) is 18.1. The van der Waals surface area contributed by atoms with Crippen molar-refractivity contribution >= 4 is 136 Å². The molecule has 0 amide bonds. The van der Waals surface area contributed by atoms with Crippen LogP contribution in [0.4, 0.5) is 46.3 Å². The SMILES string of the molecule is Cn1c(=O)c(C(=O)c2ccccc2)c2c3c(c(Nc4cccc(Cc5nc(NC6CCC(CC7CCC(Nc8nc(Nc9ccc(S(=O)(=O)O)c(Nc%10ccc%11c%12c%10C(=O)c%10ccccc%10-c%12c(C(=O)c%10ccccc%10)c(=O)n%11C)c9)nc(Oc9cc(OC=O)cc(C(=O)O)c9)n8)C(S(=O)(=O)O)C7)CC6)nc(Oc6cc(OC=O)cc(C(=O)O)c6)n5)c4)ccc31)C(=O)c1ccccc1-2. The number of fused-ring (bicyclic) bond motifs is 4. The molecule has 4 aliphatic rings. The predicted octanol–water partition coefficient (Wildman–Crippen LogP) is 14.7. The van der Waals surface area contributed by atoms with Crippen LogP contribution in [-0.4, -0.2) is 141 Å². The fourth-order valence-corrected chi connectivity index (χ4v) is 19.9. The number of carbonyl (C=O) groups is 8. The number of ether oxygens (including phenoxy) is 4.